The summed E-state index contributed by atoms with van der Waals surface area (Å²) in [4.78, 5) is 0. The minimum atomic E-state index is -2.29. The predicted octanol–water partition coefficient (Wildman–Crippen LogP) is 2.49. The summed E-state index contributed by atoms with van der Waals surface area (Å²) in [7, 11) is 0. The van der Waals surface area contributed by atoms with Crippen LogP contribution in [-0.2, 0) is 3.07 Å². The summed E-state index contributed by atoms with van der Waals surface area (Å²) in [5, 5.41) is 8.38. The van der Waals surface area contributed by atoms with Crippen LogP contribution in [-0.4, -0.2) is 18.8 Å². The second kappa shape index (κ2) is 4.84. The van der Waals surface area contributed by atoms with Gasteiger partial charge in [-0.15, -0.1) is 0 Å². The molecule has 0 aromatic heterocycles. The molecule has 58 valence electrons. The van der Waals surface area contributed by atoms with Gasteiger partial charge in [0.15, 0.2) is 0 Å². The molecular weight excluding hydrogens is 233 g/mol. The number of hydrogen-bond donors (Lipinski definition) is 0. The Morgan fingerprint density at radius 2 is 1.60 bits per heavy atom. The van der Waals surface area contributed by atoms with Gasteiger partial charge in [0.05, 0.1) is 0 Å². The van der Waals surface area contributed by atoms with Crippen LogP contribution in [0.2, 0.25) is 13.3 Å². The fourth-order valence-electron chi connectivity index (χ4n) is 1.06. The maximum atomic E-state index is 8.38. The summed E-state index contributed by atoms with van der Waals surface area (Å²) >= 11 is -2.29. The zero-order valence-corrected chi connectivity index (χ0v) is 9.83. The van der Waals surface area contributed by atoms with Gasteiger partial charge in [0.2, 0.25) is 0 Å². The van der Waals surface area contributed by atoms with E-state index in [1.54, 1.807) is 0 Å². The van der Waals surface area contributed by atoms with Gasteiger partial charge >= 0.3 is 67.5 Å². The van der Waals surface area contributed by atoms with E-state index < -0.39 is 18.8 Å². The normalized spacial score (nSPS) is 10.6. The molecule has 0 atom stereocenters. The first-order valence-corrected chi connectivity index (χ1v) is 11.0. The van der Waals surface area contributed by atoms with Gasteiger partial charge < -0.3 is 0 Å². The third-order valence-corrected chi connectivity index (χ3v) is 14.7. The summed E-state index contributed by atoms with van der Waals surface area (Å²) in [6, 6.07) is 0. The van der Waals surface area contributed by atoms with Crippen LogP contribution >= 0.6 is 0 Å². The van der Waals surface area contributed by atoms with E-state index in [0.29, 0.717) is 0 Å². The van der Waals surface area contributed by atoms with Crippen LogP contribution in [0.15, 0.2) is 0 Å². The molecule has 0 spiro atoms. The molecule has 3 heteroatoms. The molecule has 0 N–H and O–H groups in total. The molecule has 0 heterocycles. The molecule has 0 aromatic carbocycles. The van der Waals surface area contributed by atoms with Crippen molar-refractivity contribution < 1.29 is 3.07 Å². The van der Waals surface area contributed by atoms with Crippen LogP contribution in [0.4, 0.5) is 0 Å². The third kappa shape index (κ3) is 2.37. The number of hydrogen-bond acceptors (Lipinski definition) is 2. The zero-order chi connectivity index (χ0) is 8.04. The van der Waals surface area contributed by atoms with Gasteiger partial charge in [-0.2, -0.15) is 0 Å². The molecule has 0 amide bonds. The molecule has 0 aliphatic heterocycles. The summed E-state index contributed by atoms with van der Waals surface area (Å²) < 4.78 is 8.55. The molecule has 0 aliphatic rings. The summed E-state index contributed by atoms with van der Waals surface area (Å²) in [6.07, 6.45) is 1.85. The first-order valence-electron chi connectivity index (χ1n) is 3.81. The van der Waals surface area contributed by atoms with Crippen molar-refractivity contribution in [1.82, 2.24) is 0 Å². The quantitative estimate of drug-likeness (QED) is 0.565. The SMILES string of the molecule is C[CH2][Sn]([CH2]C)([CH2]C)[O]C#N. The molecule has 0 fully saturated rings. The number of nitrogens with zero attached hydrogens (tertiary/aromatic N) is 1. The van der Waals surface area contributed by atoms with E-state index in [4.69, 9.17) is 8.34 Å². The van der Waals surface area contributed by atoms with Crippen molar-refractivity contribution in [2.75, 3.05) is 0 Å². The molecule has 0 rings (SSSR count). The average Bonchev–Trinajstić information content (AvgIpc) is 2.01. The second-order valence-electron chi connectivity index (χ2n) is 2.44. The number of nitriles is 1. The summed E-state index contributed by atoms with van der Waals surface area (Å²) in [5.74, 6) is 0. The van der Waals surface area contributed by atoms with Crippen LogP contribution in [0.3, 0.4) is 0 Å². The van der Waals surface area contributed by atoms with Crippen LogP contribution in [0.25, 0.3) is 0 Å². The Morgan fingerprint density at radius 3 is 1.70 bits per heavy atom. The van der Waals surface area contributed by atoms with Crippen LogP contribution in [0.1, 0.15) is 20.8 Å². The fourth-order valence-corrected chi connectivity index (χ4v) is 7.13. The van der Waals surface area contributed by atoms with Crippen LogP contribution in [0, 0.1) is 11.5 Å². The molecule has 0 aliphatic carbocycles. The van der Waals surface area contributed by atoms with E-state index in [1.807, 2.05) is 6.26 Å². The summed E-state index contributed by atoms with van der Waals surface area (Å²) in [6.45, 7) is 6.42. The van der Waals surface area contributed by atoms with Crippen molar-refractivity contribution in [3.8, 4) is 6.26 Å². The maximum absolute atomic E-state index is 8.38. The second-order valence-corrected chi connectivity index (χ2v) is 15.8. The van der Waals surface area contributed by atoms with Gasteiger partial charge in [0.1, 0.15) is 0 Å². The Labute approximate surface area is 67.6 Å². The zero-order valence-electron chi connectivity index (χ0n) is 6.98. The van der Waals surface area contributed by atoms with E-state index in [0.717, 1.165) is 13.3 Å². The monoisotopic (exact) mass is 249 g/mol. The van der Waals surface area contributed by atoms with Gasteiger partial charge in [-0.25, -0.2) is 0 Å². The molecule has 0 aromatic rings. The van der Waals surface area contributed by atoms with Gasteiger partial charge in [0, 0.05) is 0 Å². The van der Waals surface area contributed by atoms with Crippen LogP contribution in [0.5, 0.6) is 0 Å². The van der Waals surface area contributed by atoms with Crippen molar-refractivity contribution in [3.05, 3.63) is 0 Å². The van der Waals surface area contributed by atoms with Crippen molar-refractivity contribution in [1.29, 1.82) is 5.26 Å². The molecular formula is C7H15NOSn. The van der Waals surface area contributed by atoms with E-state index in [2.05, 4.69) is 20.8 Å². The standard InChI is InChI=1S/3C2H5.CHNO.Sn/c3*1-2;2-1-3;/h3*1H2,2H3;3H;/q;;;;+1/p-1. The Bertz CT molecular complexity index is 118. The predicted molar refractivity (Wildman–Crippen MR) is 43.9 cm³/mol. The Balaban J connectivity index is 4.04. The van der Waals surface area contributed by atoms with Gasteiger partial charge in [0.25, 0.3) is 0 Å². The topological polar surface area (TPSA) is 33.0 Å². The third-order valence-electron chi connectivity index (χ3n) is 2.20. The first kappa shape index (κ1) is 10.1. The van der Waals surface area contributed by atoms with Gasteiger partial charge in [-0.05, 0) is 0 Å². The van der Waals surface area contributed by atoms with Crippen molar-refractivity contribution in [3.63, 3.8) is 0 Å². The van der Waals surface area contributed by atoms with Gasteiger partial charge in [-0.1, -0.05) is 0 Å². The van der Waals surface area contributed by atoms with Crippen molar-refractivity contribution >= 4 is 18.8 Å². The minimum absolute atomic E-state index is 1.12. The van der Waals surface area contributed by atoms with E-state index in [9.17, 15) is 0 Å². The molecule has 0 saturated heterocycles. The molecule has 0 saturated carbocycles. The van der Waals surface area contributed by atoms with Crippen molar-refractivity contribution in [2.45, 2.75) is 34.1 Å². The molecule has 0 radical (unpaired) electrons. The fraction of sp³-hybridized carbons (Fsp3) is 0.857. The number of rotatable bonds is 4. The summed E-state index contributed by atoms with van der Waals surface area (Å²) in [5.41, 5.74) is 0. The van der Waals surface area contributed by atoms with Crippen molar-refractivity contribution in [2.24, 2.45) is 0 Å². The molecule has 0 unspecified atom stereocenters. The Morgan fingerprint density at radius 1 is 1.20 bits per heavy atom. The van der Waals surface area contributed by atoms with Crippen LogP contribution < -0.4 is 0 Å². The molecule has 0 bridgehead atoms. The molecule has 10 heavy (non-hydrogen) atoms. The van der Waals surface area contributed by atoms with Gasteiger partial charge in [-0.3, -0.25) is 0 Å². The van der Waals surface area contributed by atoms with E-state index in [-0.39, 0.29) is 0 Å². The Hall–Kier alpha value is 0.0887. The molecule has 2 nitrogen and oxygen atoms in total. The average molecular weight is 248 g/mol. The van der Waals surface area contributed by atoms with E-state index >= 15 is 0 Å². The Kier molecular flexibility index (Phi) is 4.88. The first-order chi connectivity index (χ1) is 4.74. The van der Waals surface area contributed by atoms with E-state index in [1.165, 1.54) is 0 Å².